The molecular formula is C42H33N5. The Morgan fingerprint density at radius 3 is 2.17 bits per heavy atom. The van der Waals surface area contributed by atoms with Gasteiger partial charge >= 0.3 is 0 Å². The van der Waals surface area contributed by atoms with Crippen LogP contribution < -0.4 is 0 Å². The Balaban J connectivity index is 1.27. The molecule has 7 rings (SSSR count). The molecule has 6 aromatic rings. The molecule has 47 heavy (non-hydrogen) atoms. The molecule has 0 saturated heterocycles. The predicted octanol–water partition coefficient (Wildman–Crippen LogP) is 10.0. The van der Waals surface area contributed by atoms with Crippen LogP contribution >= 0.6 is 0 Å². The number of fused-ring (bicyclic) bond motifs is 5. The summed E-state index contributed by atoms with van der Waals surface area (Å²) in [5.41, 5.74) is 10.1. The summed E-state index contributed by atoms with van der Waals surface area (Å²) in [5, 5.41) is 0. The Morgan fingerprint density at radius 2 is 1.38 bits per heavy atom. The van der Waals surface area contributed by atoms with Gasteiger partial charge in [-0.3, -0.25) is 4.57 Å². The summed E-state index contributed by atoms with van der Waals surface area (Å²) < 4.78 is 2.16. The maximum Gasteiger partial charge on any atom is 0.164 e. The van der Waals surface area contributed by atoms with Gasteiger partial charge in [0.15, 0.2) is 17.5 Å². The molecule has 0 N–H and O–H groups in total. The molecule has 0 bridgehead atoms. The van der Waals surface area contributed by atoms with Crippen molar-refractivity contribution < 1.29 is 0 Å². The molecule has 0 saturated carbocycles. The largest absolute Gasteiger partial charge is 0.293 e. The number of para-hydroxylation sites is 2. The van der Waals surface area contributed by atoms with Crippen molar-refractivity contribution in [2.75, 3.05) is 0 Å². The molecule has 2 aromatic heterocycles. The summed E-state index contributed by atoms with van der Waals surface area (Å²) >= 11 is 0. The minimum Gasteiger partial charge on any atom is -0.293 e. The molecule has 226 valence electrons. The van der Waals surface area contributed by atoms with Crippen LogP contribution in [0.3, 0.4) is 0 Å². The number of allylic oxidation sites excluding steroid dienone is 10. The lowest BCUT2D eigenvalue weighted by Gasteiger charge is -2.15. The maximum atomic E-state index is 5.02. The first-order valence-electron chi connectivity index (χ1n) is 15.6. The van der Waals surface area contributed by atoms with E-state index in [-0.39, 0.29) is 0 Å². The first-order chi connectivity index (χ1) is 23.1. The number of hydrogen-bond acceptors (Lipinski definition) is 4. The highest BCUT2D eigenvalue weighted by atomic mass is 15.1. The van der Waals surface area contributed by atoms with Crippen LogP contribution in [0.25, 0.3) is 62.0 Å². The molecule has 0 atom stereocenters. The van der Waals surface area contributed by atoms with E-state index in [0.717, 1.165) is 62.4 Å². The van der Waals surface area contributed by atoms with Crippen LogP contribution in [-0.2, 0) is 6.42 Å². The number of nitrogens with zero attached hydrogens (tertiary/aromatic N) is 5. The Hall–Kier alpha value is -6.20. The number of hydrogen-bond donors (Lipinski definition) is 0. The lowest BCUT2D eigenvalue weighted by atomic mass is 9.97. The van der Waals surface area contributed by atoms with Gasteiger partial charge in [0.05, 0.1) is 11.0 Å². The van der Waals surface area contributed by atoms with Crippen LogP contribution in [0, 0.1) is 0 Å². The smallest absolute Gasteiger partial charge is 0.164 e. The standard InChI is InChI=1S/C42H33N5/c1-4-5-7-14-29(2)39-44-40(34-16-8-6-9-17-34)46-41(45-39)35-27-24-32(25-28-35)31-22-21-30(3)47-38-20-13-12-19-37(38)43-42(47)36-18-11-10-15-33(36)26-23-31/h4-25,27-28H,1,3,26H2,2H3/b7-5-,22-21?,29-14+,31-23?. The monoisotopic (exact) mass is 607 g/mol. The molecule has 5 nitrogen and oxygen atoms in total. The van der Waals surface area contributed by atoms with E-state index in [0.29, 0.717) is 17.5 Å². The second-order valence-electron chi connectivity index (χ2n) is 11.3. The van der Waals surface area contributed by atoms with Crippen LogP contribution in [0.1, 0.15) is 23.9 Å². The predicted molar refractivity (Wildman–Crippen MR) is 195 cm³/mol. The second-order valence-corrected chi connectivity index (χ2v) is 11.3. The Bertz CT molecular complexity index is 2250. The van der Waals surface area contributed by atoms with Gasteiger partial charge in [-0.1, -0.05) is 141 Å². The van der Waals surface area contributed by atoms with E-state index in [2.05, 4.69) is 96.6 Å². The summed E-state index contributed by atoms with van der Waals surface area (Å²) in [5.74, 6) is 2.80. The summed E-state index contributed by atoms with van der Waals surface area (Å²) in [4.78, 5) is 19.6. The van der Waals surface area contributed by atoms with Gasteiger partial charge in [0.1, 0.15) is 5.82 Å². The molecular weight excluding hydrogens is 574 g/mol. The molecule has 0 spiro atoms. The first-order valence-corrected chi connectivity index (χ1v) is 15.6. The highest BCUT2D eigenvalue weighted by molar-refractivity contribution is 5.88. The fourth-order valence-corrected chi connectivity index (χ4v) is 5.74. The zero-order valence-electron chi connectivity index (χ0n) is 26.2. The van der Waals surface area contributed by atoms with E-state index in [9.17, 15) is 0 Å². The lowest BCUT2D eigenvalue weighted by molar-refractivity contribution is 1.03. The molecule has 0 fully saturated rings. The molecule has 3 heterocycles. The van der Waals surface area contributed by atoms with Gasteiger partial charge < -0.3 is 0 Å². The van der Waals surface area contributed by atoms with Gasteiger partial charge in [0.25, 0.3) is 0 Å². The lowest BCUT2D eigenvalue weighted by Crippen LogP contribution is -2.02. The molecule has 4 aromatic carbocycles. The van der Waals surface area contributed by atoms with Gasteiger partial charge in [-0.25, -0.2) is 19.9 Å². The van der Waals surface area contributed by atoms with Crippen molar-refractivity contribution >= 4 is 27.9 Å². The molecule has 0 aliphatic carbocycles. The van der Waals surface area contributed by atoms with Gasteiger partial charge in [-0.2, -0.15) is 0 Å². The second kappa shape index (κ2) is 13.0. The van der Waals surface area contributed by atoms with Crippen molar-refractivity contribution in [3.8, 4) is 34.2 Å². The van der Waals surface area contributed by atoms with Crippen molar-refractivity contribution in [3.05, 3.63) is 176 Å². The highest BCUT2D eigenvalue weighted by Crippen LogP contribution is 2.33. The van der Waals surface area contributed by atoms with Gasteiger partial charge in [0.2, 0.25) is 0 Å². The van der Waals surface area contributed by atoms with Crippen LogP contribution in [0.2, 0.25) is 0 Å². The third-order valence-corrected chi connectivity index (χ3v) is 8.19. The van der Waals surface area contributed by atoms with E-state index in [1.54, 1.807) is 6.08 Å². The number of benzene rings is 4. The minimum atomic E-state index is 0.623. The molecule has 1 aliphatic rings. The van der Waals surface area contributed by atoms with Crippen LogP contribution in [-0.4, -0.2) is 24.5 Å². The molecule has 1 aliphatic heterocycles. The average molecular weight is 608 g/mol. The number of imidazole rings is 1. The van der Waals surface area contributed by atoms with Crippen molar-refractivity contribution in [2.24, 2.45) is 0 Å². The van der Waals surface area contributed by atoms with Crippen LogP contribution in [0.15, 0.2) is 159 Å². The average Bonchev–Trinajstić information content (AvgIpc) is 3.52. The molecule has 0 amide bonds. The summed E-state index contributed by atoms with van der Waals surface area (Å²) in [6.07, 6.45) is 14.8. The van der Waals surface area contributed by atoms with Gasteiger partial charge in [-0.05, 0) is 53.8 Å². The fraction of sp³-hybridized carbons (Fsp3) is 0.0476. The Morgan fingerprint density at radius 1 is 0.702 bits per heavy atom. The van der Waals surface area contributed by atoms with E-state index in [4.69, 9.17) is 19.9 Å². The van der Waals surface area contributed by atoms with E-state index < -0.39 is 0 Å². The summed E-state index contributed by atoms with van der Waals surface area (Å²) in [7, 11) is 0. The summed E-state index contributed by atoms with van der Waals surface area (Å²) in [6.45, 7) is 10.2. The third-order valence-electron chi connectivity index (χ3n) is 8.19. The molecule has 0 unspecified atom stereocenters. The first kappa shape index (κ1) is 29.5. The molecule has 5 heteroatoms. The highest BCUT2D eigenvalue weighted by Gasteiger charge is 2.18. The van der Waals surface area contributed by atoms with Gasteiger partial charge in [0, 0.05) is 22.4 Å². The third kappa shape index (κ3) is 6.07. The van der Waals surface area contributed by atoms with E-state index >= 15 is 0 Å². The normalized spacial score (nSPS) is 13.3. The van der Waals surface area contributed by atoms with Crippen LogP contribution in [0.4, 0.5) is 0 Å². The fourth-order valence-electron chi connectivity index (χ4n) is 5.74. The van der Waals surface area contributed by atoms with E-state index in [1.165, 1.54) is 5.56 Å². The summed E-state index contributed by atoms with van der Waals surface area (Å²) in [6, 6.07) is 35.1. The Kier molecular flexibility index (Phi) is 8.18. The minimum absolute atomic E-state index is 0.623. The zero-order valence-corrected chi connectivity index (χ0v) is 26.2. The van der Waals surface area contributed by atoms with Crippen molar-refractivity contribution in [2.45, 2.75) is 13.3 Å². The number of aromatic nitrogens is 5. The number of rotatable bonds is 6. The SMILES string of the molecule is C=C/C=C\C=C(/C)c1nc(-c2ccccc2)nc(-c2ccc(C3=CCc4ccccc4-c4nc5ccccc5n4C(=C)C=C3)cc2)n1. The molecule has 0 radical (unpaired) electrons. The van der Waals surface area contributed by atoms with Crippen LogP contribution in [0.5, 0.6) is 0 Å². The van der Waals surface area contributed by atoms with Crippen molar-refractivity contribution in [1.82, 2.24) is 24.5 Å². The van der Waals surface area contributed by atoms with Gasteiger partial charge in [-0.15, -0.1) is 0 Å². The Labute approximate surface area is 275 Å². The van der Waals surface area contributed by atoms with Crippen molar-refractivity contribution in [1.29, 1.82) is 0 Å². The quantitative estimate of drug-likeness (QED) is 0.177. The van der Waals surface area contributed by atoms with E-state index in [1.807, 2.05) is 67.6 Å². The van der Waals surface area contributed by atoms with Crippen molar-refractivity contribution in [3.63, 3.8) is 0 Å². The topological polar surface area (TPSA) is 56.5 Å². The maximum absolute atomic E-state index is 5.02. The zero-order chi connectivity index (χ0) is 32.2.